The van der Waals surface area contributed by atoms with E-state index in [2.05, 4.69) is 194 Å². The summed E-state index contributed by atoms with van der Waals surface area (Å²) in [4.78, 5) is 4.87. The van der Waals surface area contributed by atoms with E-state index in [1.54, 1.807) is 0 Å². The van der Waals surface area contributed by atoms with Crippen molar-refractivity contribution in [2.75, 3.05) is 16.9 Å². The molecule has 3 nitrogen and oxygen atoms in total. The summed E-state index contributed by atoms with van der Waals surface area (Å²) in [6.45, 7) is 24.4. The number of anilines is 6. The third-order valence-corrected chi connectivity index (χ3v) is 13.2. The molecule has 6 aromatic rings. The van der Waals surface area contributed by atoms with Gasteiger partial charge in [-0.05, 0) is 162 Å². The average Bonchev–Trinajstić information content (AvgIpc) is 3.08. The van der Waals surface area contributed by atoms with E-state index in [-0.39, 0.29) is 0 Å². The number of aryl methyl sites for hydroxylation is 9. The zero-order chi connectivity index (χ0) is 37.5. The van der Waals surface area contributed by atoms with Crippen LogP contribution in [0.1, 0.15) is 50.1 Å². The Morgan fingerprint density at radius 3 is 0.962 bits per heavy atom. The van der Waals surface area contributed by atoms with E-state index in [0.717, 1.165) is 17.1 Å². The molecule has 0 saturated carbocycles. The molecule has 266 valence electrons. The van der Waals surface area contributed by atoms with Crippen molar-refractivity contribution in [2.24, 2.45) is 0 Å². The van der Waals surface area contributed by atoms with Gasteiger partial charge in [0.1, 0.15) is 0 Å². The first-order valence-corrected chi connectivity index (χ1v) is 21.3. The molecular weight excluding hydrogens is 649 g/mol. The molecular formula is C48H54N2OSi. The van der Waals surface area contributed by atoms with Crippen LogP contribution < -0.4 is 15.0 Å². The van der Waals surface area contributed by atoms with E-state index >= 15 is 0 Å². The minimum absolute atomic E-state index is 1.13. The third kappa shape index (κ3) is 7.23. The maximum atomic E-state index is 5.92. The third-order valence-electron chi connectivity index (χ3n) is 10.5. The molecule has 0 saturated heterocycles. The summed E-state index contributed by atoms with van der Waals surface area (Å²) in [5.41, 5.74) is 21.0. The molecule has 0 atom stereocenters. The maximum Gasteiger partial charge on any atom is 0.217 e. The Balaban J connectivity index is 1.40. The van der Waals surface area contributed by atoms with Crippen LogP contribution in [-0.4, -0.2) is 15.4 Å². The molecule has 0 spiro atoms. The van der Waals surface area contributed by atoms with E-state index < -0.39 is 8.32 Å². The lowest BCUT2D eigenvalue weighted by atomic mass is 9.98. The SMILES string of the molecule is CO[Si](C)(C)c1ccc(N(c2ccc(-c3ccc(N(c4c(C)cc(C)cc4C)c4c(C)cc(C)cc4C)cc3)cc2)c2c(C)cc(C)cc2C)cc1. The second-order valence-electron chi connectivity index (χ2n) is 15.3. The fourth-order valence-electron chi connectivity index (χ4n) is 8.09. The Bertz CT molecular complexity index is 2110. The quantitative estimate of drug-likeness (QED) is 0.140. The summed E-state index contributed by atoms with van der Waals surface area (Å²) < 4.78 is 5.92. The number of hydrogen-bond donors (Lipinski definition) is 0. The van der Waals surface area contributed by atoms with Crippen molar-refractivity contribution in [3.8, 4) is 11.1 Å². The lowest BCUT2D eigenvalue weighted by Crippen LogP contribution is -2.43. The summed E-state index contributed by atoms with van der Waals surface area (Å²) in [6, 6.07) is 40.8. The average molecular weight is 703 g/mol. The Morgan fingerprint density at radius 1 is 0.385 bits per heavy atom. The van der Waals surface area contributed by atoms with Crippen LogP contribution in [0.15, 0.2) is 109 Å². The van der Waals surface area contributed by atoms with Gasteiger partial charge in [0.15, 0.2) is 0 Å². The number of hydrogen-bond acceptors (Lipinski definition) is 3. The van der Waals surface area contributed by atoms with Crippen molar-refractivity contribution in [2.45, 2.75) is 75.4 Å². The molecule has 0 bridgehead atoms. The predicted octanol–water partition coefficient (Wildman–Crippen LogP) is 13.1. The fraction of sp³-hybridized carbons (Fsp3) is 0.250. The van der Waals surface area contributed by atoms with Crippen LogP contribution in [0.4, 0.5) is 34.1 Å². The number of nitrogens with zero attached hydrogens (tertiary/aromatic N) is 2. The molecule has 6 rings (SSSR count). The van der Waals surface area contributed by atoms with E-state index in [0.29, 0.717) is 0 Å². The summed E-state index contributed by atoms with van der Waals surface area (Å²) in [5, 5.41) is 1.29. The minimum Gasteiger partial charge on any atom is -0.416 e. The summed E-state index contributed by atoms with van der Waals surface area (Å²) in [6.07, 6.45) is 0. The normalized spacial score (nSPS) is 11.5. The maximum absolute atomic E-state index is 5.92. The summed E-state index contributed by atoms with van der Waals surface area (Å²) >= 11 is 0. The molecule has 6 aromatic carbocycles. The van der Waals surface area contributed by atoms with Gasteiger partial charge in [0, 0.05) is 24.2 Å². The Hall–Kier alpha value is -4.90. The van der Waals surface area contributed by atoms with Crippen molar-refractivity contribution < 1.29 is 4.43 Å². The van der Waals surface area contributed by atoms with E-state index in [1.165, 1.54) is 83.4 Å². The molecule has 0 aromatic heterocycles. The van der Waals surface area contributed by atoms with Gasteiger partial charge in [-0.1, -0.05) is 89.5 Å². The Kier molecular flexibility index (Phi) is 10.4. The molecule has 0 aliphatic heterocycles. The topological polar surface area (TPSA) is 15.7 Å². The van der Waals surface area contributed by atoms with Crippen molar-refractivity contribution in [1.82, 2.24) is 0 Å². The van der Waals surface area contributed by atoms with Gasteiger partial charge in [0.2, 0.25) is 8.32 Å². The fourth-order valence-corrected chi connectivity index (χ4v) is 9.29. The second-order valence-corrected chi connectivity index (χ2v) is 19.3. The van der Waals surface area contributed by atoms with Gasteiger partial charge in [-0.25, -0.2) is 0 Å². The van der Waals surface area contributed by atoms with Crippen LogP contribution in [-0.2, 0) is 4.43 Å². The molecule has 0 aliphatic rings. The van der Waals surface area contributed by atoms with Gasteiger partial charge in [0.05, 0.1) is 17.1 Å². The first kappa shape index (κ1) is 36.9. The zero-order valence-electron chi connectivity index (χ0n) is 33.2. The molecule has 0 radical (unpaired) electrons. The van der Waals surface area contributed by atoms with Crippen LogP contribution in [0.25, 0.3) is 11.1 Å². The highest BCUT2D eigenvalue weighted by molar-refractivity contribution is 6.84. The smallest absolute Gasteiger partial charge is 0.217 e. The molecule has 52 heavy (non-hydrogen) atoms. The highest BCUT2D eigenvalue weighted by atomic mass is 28.4. The van der Waals surface area contributed by atoms with Crippen LogP contribution in [0.2, 0.25) is 13.1 Å². The van der Waals surface area contributed by atoms with Crippen molar-refractivity contribution in [3.05, 3.63) is 159 Å². The van der Waals surface area contributed by atoms with Gasteiger partial charge >= 0.3 is 0 Å². The van der Waals surface area contributed by atoms with Crippen LogP contribution >= 0.6 is 0 Å². The second kappa shape index (κ2) is 14.6. The molecule has 4 heteroatoms. The molecule has 0 heterocycles. The highest BCUT2D eigenvalue weighted by Gasteiger charge is 2.25. The van der Waals surface area contributed by atoms with Gasteiger partial charge in [0.25, 0.3) is 0 Å². The van der Waals surface area contributed by atoms with Gasteiger partial charge in [-0.15, -0.1) is 0 Å². The van der Waals surface area contributed by atoms with Crippen LogP contribution in [0.5, 0.6) is 0 Å². The van der Waals surface area contributed by atoms with Crippen molar-refractivity contribution >= 4 is 47.6 Å². The minimum atomic E-state index is -1.93. The lowest BCUT2D eigenvalue weighted by Gasteiger charge is -2.32. The van der Waals surface area contributed by atoms with E-state index in [1.807, 2.05) is 7.11 Å². The van der Waals surface area contributed by atoms with E-state index in [9.17, 15) is 0 Å². The Morgan fingerprint density at radius 2 is 0.654 bits per heavy atom. The monoisotopic (exact) mass is 702 g/mol. The standard InChI is InChI=1S/C48H54N2OSi/c1-31-25-34(4)46(35(5)26-31)49(43-21-23-45(24-22-43)52(11,12)51-10)42-17-13-40(14-18-42)41-15-19-44(20-16-41)50(47-36(6)27-32(2)28-37(47)7)48-38(8)29-33(3)30-39(48)9/h13-30H,1-12H3. The molecule has 0 N–H and O–H groups in total. The van der Waals surface area contributed by atoms with Crippen molar-refractivity contribution in [1.29, 1.82) is 0 Å². The zero-order valence-corrected chi connectivity index (χ0v) is 34.2. The molecule has 0 fully saturated rings. The lowest BCUT2D eigenvalue weighted by molar-refractivity contribution is 0.416. The van der Waals surface area contributed by atoms with E-state index in [4.69, 9.17) is 4.43 Å². The molecule has 0 aliphatic carbocycles. The first-order chi connectivity index (χ1) is 24.7. The van der Waals surface area contributed by atoms with Gasteiger partial charge in [-0.3, -0.25) is 0 Å². The number of benzene rings is 6. The van der Waals surface area contributed by atoms with Gasteiger partial charge in [-0.2, -0.15) is 0 Å². The Labute approximate surface area is 313 Å². The molecule has 0 unspecified atom stereocenters. The largest absolute Gasteiger partial charge is 0.416 e. The number of rotatable bonds is 9. The first-order valence-electron chi connectivity index (χ1n) is 18.4. The summed E-state index contributed by atoms with van der Waals surface area (Å²) in [5.74, 6) is 0. The van der Waals surface area contributed by atoms with Gasteiger partial charge < -0.3 is 14.2 Å². The van der Waals surface area contributed by atoms with Crippen LogP contribution in [0, 0.1) is 62.3 Å². The summed E-state index contributed by atoms with van der Waals surface area (Å²) in [7, 11) is -0.104. The predicted molar refractivity (Wildman–Crippen MR) is 228 cm³/mol. The van der Waals surface area contributed by atoms with Crippen LogP contribution in [0.3, 0.4) is 0 Å². The van der Waals surface area contributed by atoms with Crippen molar-refractivity contribution in [3.63, 3.8) is 0 Å². The highest BCUT2D eigenvalue weighted by Crippen LogP contribution is 2.44. The molecule has 0 amide bonds.